The minimum Gasteiger partial charge on any atom is -0.330 e. The molecule has 1 heterocycles. The van der Waals surface area contributed by atoms with Crippen molar-refractivity contribution in [2.24, 2.45) is 11.7 Å². The van der Waals surface area contributed by atoms with Crippen LogP contribution < -0.4 is 5.73 Å². The summed E-state index contributed by atoms with van der Waals surface area (Å²) in [4.78, 5) is 0. The van der Waals surface area contributed by atoms with Crippen molar-refractivity contribution in [3.8, 4) is 0 Å². The van der Waals surface area contributed by atoms with Gasteiger partial charge in [-0.3, -0.25) is 0 Å². The highest BCUT2D eigenvalue weighted by Crippen LogP contribution is 2.35. The van der Waals surface area contributed by atoms with Gasteiger partial charge in [-0.25, -0.2) is 4.39 Å². The van der Waals surface area contributed by atoms with Crippen LogP contribution in [0.2, 0.25) is 0 Å². The van der Waals surface area contributed by atoms with Gasteiger partial charge in [0, 0.05) is 5.92 Å². The van der Waals surface area contributed by atoms with E-state index in [4.69, 9.17) is 5.73 Å². The summed E-state index contributed by atoms with van der Waals surface area (Å²) in [6.45, 7) is 0.548. The second-order valence-corrected chi connectivity index (χ2v) is 5.49. The number of thioether (sulfide) groups is 1. The molecule has 2 unspecified atom stereocenters. The van der Waals surface area contributed by atoms with Gasteiger partial charge in [0.25, 0.3) is 0 Å². The standard InChI is InChI=1S/C13H18FNS/c14-13-6-2-1-5-11(13)12(8-15)10-4-3-7-16-9-10/h1-2,5-6,10,12H,3-4,7-9,15H2. The first-order chi connectivity index (χ1) is 7.83. The molecule has 88 valence electrons. The predicted molar refractivity (Wildman–Crippen MR) is 68.2 cm³/mol. The summed E-state index contributed by atoms with van der Waals surface area (Å²) in [6.07, 6.45) is 2.42. The van der Waals surface area contributed by atoms with Gasteiger partial charge in [0.1, 0.15) is 5.82 Å². The second-order valence-electron chi connectivity index (χ2n) is 4.34. The van der Waals surface area contributed by atoms with E-state index < -0.39 is 0 Å². The first-order valence-electron chi connectivity index (χ1n) is 5.85. The predicted octanol–water partition coefficient (Wildman–Crippen LogP) is 3.01. The van der Waals surface area contributed by atoms with E-state index in [9.17, 15) is 4.39 Å². The summed E-state index contributed by atoms with van der Waals surface area (Å²) >= 11 is 1.97. The summed E-state index contributed by atoms with van der Waals surface area (Å²) < 4.78 is 13.7. The molecule has 0 aliphatic carbocycles. The molecule has 0 saturated carbocycles. The molecule has 1 nitrogen and oxygen atoms in total. The fourth-order valence-corrected chi connectivity index (χ4v) is 3.67. The highest BCUT2D eigenvalue weighted by Gasteiger charge is 2.25. The van der Waals surface area contributed by atoms with Crippen LogP contribution in [-0.2, 0) is 0 Å². The Kier molecular flexibility index (Phi) is 4.24. The van der Waals surface area contributed by atoms with Crippen LogP contribution >= 0.6 is 11.8 Å². The van der Waals surface area contributed by atoms with E-state index in [0.717, 1.165) is 11.3 Å². The summed E-state index contributed by atoms with van der Waals surface area (Å²) in [5, 5.41) is 0. The molecule has 1 aromatic carbocycles. The van der Waals surface area contributed by atoms with Crippen LogP contribution in [0.1, 0.15) is 24.3 Å². The zero-order chi connectivity index (χ0) is 11.4. The van der Waals surface area contributed by atoms with Crippen LogP contribution in [-0.4, -0.2) is 18.1 Å². The minimum absolute atomic E-state index is 0.103. The molecular formula is C13H18FNS. The molecule has 1 aliphatic rings. The summed E-state index contributed by atoms with van der Waals surface area (Å²) in [6, 6.07) is 7.05. The Bertz CT molecular complexity index is 336. The monoisotopic (exact) mass is 239 g/mol. The van der Waals surface area contributed by atoms with Crippen molar-refractivity contribution in [2.75, 3.05) is 18.1 Å². The van der Waals surface area contributed by atoms with Gasteiger partial charge in [-0.15, -0.1) is 0 Å². The SMILES string of the molecule is NCC(c1ccccc1F)C1CCCSC1. The lowest BCUT2D eigenvalue weighted by Gasteiger charge is -2.29. The Labute approximate surface area is 101 Å². The molecule has 1 aromatic rings. The second kappa shape index (κ2) is 5.69. The highest BCUT2D eigenvalue weighted by atomic mass is 32.2. The van der Waals surface area contributed by atoms with Crippen LogP contribution in [0.15, 0.2) is 24.3 Å². The lowest BCUT2D eigenvalue weighted by atomic mass is 9.84. The number of benzene rings is 1. The normalized spacial score (nSPS) is 23.0. The number of hydrogen-bond acceptors (Lipinski definition) is 2. The van der Waals surface area contributed by atoms with Gasteiger partial charge in [0.05, 0.1) is 0 Å². The molecule has 1 aliphatic heterocycles. The Balaban J connectivity index is 2.18. The van der Waals surface area contributed by atoms with Gasteiger partial charge in [-0.05, 0) is 48.4 Å². The molecule has 1 fully saturated rings. The van der Waals surface area contributed by atoms with Crippen molar-refractivity contribution < 1.29 is 4.39 Å². The van der Waals surface area contributed by atoms with Crippen molar-refractivity contribution in [3.63, 3.8) is 0 Å². The highest BCUT2D eigenvalue weighted by molar-refractivity contribution is 7.99. The lowest BCUT2D eigenvalue weighted by molar-refractivity contribution is 0.417. The number of nitrogens with two attached hydrogens (primary N) is 1. The fraction of sp³-hybridized carbons (Fsp3) is 0.538. The molecule has 0 bridgehead atoms. The van der Waals surface area contributed by atoms with Crippen molar-refractivity contribution in [1.29, 1.82) is 0 Å². The quantitative estimate of drug-likeness (QED) is 0.877. The maximum Gasteiger partial charge on any atom is 0.126 e. The number of rotatable bonds is 3. The van der Waals surface area contributed by atoms with Gasteiger partial charge >= 0.3 is 0 Å². The molecule has 1 saturated heterocycles. The van der Waals surface area contributed by atoms with E-state index in [1.807, 2.05) is 23.9 Å². The van der Waals surface area contributed by atoms with Gasteiger partial charge in [0.15, 0.2) is 0 Å². The maximum absolute atomic E-state index is 13.7. The van der Waals surface area contributed by atoms with Gasteiger partial charge in [-0.1, -0.05) is 18.2 Å². The summed E-state index contributed by atoms with van der Waals surface area (Å²) in [5.41, 5.74) is 6.63. The third kappa shape index (κ3) is 2.58. The molecule has 3 heteroatoms. The Morgan fingerprint density at radius 3 is 2.88 bits per heavy atom. The third-order valence-electron chi connectivity index (χ3n) is 3.32. The summed E-state index contributed by atoms with van der Waals surface area (Å²) in [7, 11) is 0. The van der Waals surface area contributed by atoms with Crippen molar-refractivity contribution in [1.82, 2.24) is 0 Å². The molecule has 0 amide bonds. The van der Waals surface area contributed by atoms with E-state index >= 15 is 0 Å². The van der Waals surface area contributed by atoms with E-state index in [1.54, 1.807) is 6.07 Å². The third-order valence-corrected chi connectivity index (χ3v) is 4.56. The first-order valence-corrected chi connectivity index (χ1v) is 7.00. The van der Waals surface area contributed by atoms with Crippen molar-refractivity contribution in [3.05, 3.63) is 35.6 Å². The Hall–Kier alpha value is -0.540. The number of hydrogen-bond donors (Lipinski definition) is 1. The van der Waals surface area contributed by atoms with Crippen LogP contribution in [0.25, 0.3) is 0 Å². The smallest absolute Gasteiger partial charge is 0.126 e. The van der Waals surface area contributed by atoms with E-state index in [-0.39, 0.29) is 11.7 Å². The van der Waals surface area contributed by atoms with Gasteiger partial charge in [0.2, 0.25) is 0 Å². The van der Waals surface area contributed by atoms with Crippen LogP contribution in [0.4, 0.5) is 4.39 Å². The van der Waals surface area contributed by atoms with Crippen LogP contribution in [0.5, 0.6) is 0 Å². The Morgan fingerprint density at radius 2 is 2.25 bits per heavy atom. The molecule has 0 radical (unpaired) electrons. The average molecular weight is 239 g/mol. The lowest BCUT2D eigenvalue weighted by Crippen LogP contribution is -2.26. The minimum atomic E-state index is -0.103. The molecule has 0 spiro atoms. The maximum atomic E-state index is 13.7. The molecular weight excluding hydrogens is 221 g/mol. The van der Waals surface area contributed by atoms with E-state index in [0.29, 0.717) is 12.5 Å². The summed E-state index contributed by atoms with van der Waals surface area (Å²) in [5.74, 6) is 2.99. The van der Waals surface area contributed by atoms with Crippen molar-refractivity contribution in [2.45, 2.75) is 18.8 Å². The Morgan fingerprint density at radius 1 is 1.44 bits per heavy atom. The van der Waals surface area contributed by atoms with Crippen LogP contribution in [0.3, 0.4) is 0 Å². The molecule has 2 N–H and O–H groups in total. The van der Waals surface area contributed by atoms with Crippen LogP contribution in [0, 0.1) is 11.7 Å². The first kappa shape index (κ1) is 11.9. The largest absolute Gasteiger partial charge is 0.330 e. The van der Waals surface area contributed by atoms with Gasteiger partial charge < -0.3 is 5.73 Å². The van der Waals surface area contributed by atoms with Gasteiger partial charge in [-0.2, -0.15) is 11.8 Å². The molecule has 2 atom stereocenters. The molecule has 0 aromatic heterocycles. The topological polar surface area (TPSA) is 26.0 Å². The van der Waals surface area contributed by atoms with Crippen molar-refractivity contribution >= 4 is 11.8 Å². The van der Waals surface area contributed by atoms with E-state index in [2.05, 4.69) is 0 Å². The van der Waals surface area contributed by atoms with E-state index in [1.165, 1.54) is 24.7 Å². The zero-order valence-corrected chi connectivity index (χ0v) is 10.2. The molecule has 2 rings (SSSR count). The average Bonchev–Trinajstić information content (AvgIpc) is 2.34. The molecule has 16 heavy (non-hydrogen) atoms. The fourth-order valence-electron chi connectivity index (χ4n) is 2.43. The zero-order valence-electron chi connectivity index (χ0n) is 9.36. The number of halogens is 1.